The van der Waals surface area contributed by atoms with E-state index >= 15 is 0 Å². The molecule has 27 heavy (non-hydrogen) atoms. The van der Waals surface area contributed by atoms with Gasteiger partial charge in [0.15, 0.2) is 0 Å². The summed E-state index contributed by atoms with van der Waals surface area (Å²) < 4.78 is 0. The molecule has 3 aromatic carbocycles. The van der Waals surface area contributed by atoms with E-state index in [1.807, 2.05) is 48.5 Å². The van der Waals surface area contributed by atoms with E-state index in [1.165, 1.54) is 0 Å². The van der Waals surface area contributed by atoms with Gasteiger partial charge in [0.1, 0.15) is 5.75 Å². The summed E-state index contributed by atoms with van der Waals surface area (Å²) in [5.74, 6) is -0.359. The minimum absolute atomic E-state index is 0.0210. The number of carbonyl (C=O) groups excluding carboxylic acids is 2. The van der Waals surface area contributed by atoms with E-state index in [9.17, 15) is 14.7 Å². The molecule has 0 fully saturated rings. The standard InChI is InChI=1S/C21H21N3O3/c1-22-21(27)24-18-9-5-3-7-15(18)12-13-23-20(26)17-11-10-14-6-2-4-8-16(14)19(17)25/h2-11,25H,12-13H2,1H3,(H,23,26)(H2,22,24,27). The van der Waals surface area contributed by atoms with Crippen molar-refractivity contribution in [3.63, 3.8) is 0 Å². The van der Waals surface area contributed by atoms with Crippen LogP contribution in [0.5, 0.6) is 5.75 Å². The predicted molar refractivity (Wildman–Crippen MR) is 106 cm³/mol. The molecular formula is C21H21N3O3. The van der Waals surface area contributed by atoms with E-state index in [0.717, 1.165) is 10.9 Å². The van der Waals surface area contributed by atoms with Crippen molar-refractivity contribution < 1.29 is 14.7 Å². The Bertz CT molecular complexity index is 985. The van der Waals surface area contributed by atoms with Crippen LogP contribution in [0.3, 0.4) is 0 Å². The summed E-state index contributed by atoms with van der Waals surface area (Å²) in [6.45, 7) is 0.373. The second-order valence-corrected chi connectivity index (χ2v) is 6.05. The molecule has 6 nitrogen and oxygen atoms in total. The molecule has 0 saturated carbocycles. The van der Waals surface area contributed by atoms with Gasteiger partial charge in [0.2, 0.25) is 0 Å². The molecule has 4 N–H and O–H groups in total. The Morgan fingerprint density at radius 1 is 0.963 bits per heavy atom. The van der Waals surface area contributed by atoms with Gasteiger partial charge in [-0.15, -0.1) is 0 Å². The van der Waals surface area contributed by atoms with Crippen molar-refractivity contribution in [3.8, 4) is 5.75 Å². The number of fused-ring (bicyclic) bond motifs is 1. The number of para-hydroxylation sites is 1. The number of anilines is 1. The highest BCUT2D eigenvalue weighted by molar-refractivity contribution is 6.03. The topological polar surface area (TPSA) is 90.5 Å². The average Bonchev–Trinajstić information content (AvgIpc) is 2.69. The Labute approximate surface area is 157 Å². The van der Waals surface area contributed by atoms with Crippen LogP contribution < -0.4 is 16.0 Å². The van der Waals surface area contributed by atoms with Gasteiger partial charge in [-0.2, -0.15) is 0 Å². The van der Waals surface area contributed by atoms with Crippen molar-refractivity contribution in [2.45, 2.75) is 6.42 Å². The lowest BCUT2D eigenvalue weighted by Gasteiger charge is -2.12. The molecule has 0 bridgehead atoms. The Hall–Kier alpha value is -3.54. The van der Waals surface area contributed by atoms with Crippen molar-refractivity contribution in [2.75, 3.05) is 18.9 Å². The van der Waals surface area contributed by atoms with Crippen LogP contribution in [-0.2, 0) is 6.42 Å². The van der Waals surface area contributed by atoms with Gasteiger partial charge in [0.05, 0.1) is 5.56 Å². The molecule has 0 atom stereocenters. The monoisotopic (exact) mass is 363 g/mol. The number of phenols is 1. The van der Waals surface area contributed by atoms with E-state index in [0.29, 0.717) is 24.0 Å². The first-order valence-corrected chi connectivity index (χ1v) is 8.65. The van der Waals surface area contributed by atoms with Crippen molar-refractivity contribution in [2.24, 2.45) is 0 Å². The first kappa shape index (κ1) is 18.3. The normalized spacial score (nSPS) is 10.4. The number of nitrogens with one attached hydrogen (secondary N) is 3. The number of aromatic hydroxyl groups is 1. The van der Waals surface area contributed by atoms with Gasteiger partial charge >= 0.3 is 6.03 Å². The number of hydrogen-bond donors (Lipinski definition) is 4. The fourth-order valence-electron chi connectivity index (χ4n) is 2.89. The summed E-state index contributed by atoms with van der Waals surface area (Å²) in [5.41, 5.74) is 1.84. The van der Waals surface area contributed by atoms with Gasteiger partial charge in [0, 0.05) is 24.7 Å². The molecule has 0 aromatic heterocycles. The van der Waals surface area contributed by atoms with E-state index < -0.39 is 0 Å². The average molecular weight is 363 g/mol. The minimum atomic E-state index is -0.338. The maximum absolute atomic E-state index is 12.5. The van der Waals surface area contributed by atoms with E-state index in [-0.39, 0.29) is 23.3 Å². The smallest absolute Gasteiger partial charge is 0.318 e. The van der Waals surface area contributed by atoms with Crippen LogP contribution in [0.25, 0.3) is 10.8 Å². The molecular weight excluding hydrogens is 342 g/mol. The highest BCUT2D eigenvalue weighted by atomic mass is 16.3. The predicted octanol–water partition coefficient (Wildman–Crippen LogP) is 3.27. The molecule has 0 spiro atoms. The lowest BCUT2D eigenvalue weighted by Crippen LogP contribution is -2.27. The van der Waals surface area contributed by atoms with Gasteiger partial charge < -0.3 is 21.1 Å². The van der Waals surface area contributed by atoms with Crippen LogP contribution in [0.15, 0.2) is 60.7 Å². The molecule has 3 aromatic rings. The Morgan fingerprint density at radius 2 is 1.70 bits per heavy atom. The number of rotatable bonds is 5. The number of hydrogen-bond acceptors (Lipinski definition) is 3. The molecule has 0 saturated heterocycles. The molecule has 0 unspecified atom stereocenters. The molecule has 6 heteroatoms. The van der Waals surface area contributed by atoms with Crippen LogP contribution >= 0.6 is 0 Å². The quantitative estimate of drug-likeness (QED) is 0.561. The molecule has 0 heterocycles. The summed E-state index contributed by atoms with van der Waals surface area (Å²) in [4.78, 5) is 24.0. The van der Waals surface area contributed by atoms with Crippen LogP contribution in [0.1, 0.15) is 15.9 Å². The molecule has 0 aliphatic carbocycles. The third-order valence-corrected chi connectivity index (χ3v) is 4.32. The van der Waals surface area contributed by atoms with Crippen molar-refractivity contribution in [1.82, 2.24) is 10.6 Å². The zero-order chi connectivity index (χ0) is 19.2. The molecule has 3 rings (SSSR count). The fourth-order valence-corrected chi connectivity index (χ4v) is 2.89. The SMILES string of the molecule is CNC(=O)Nc1ccccc1CCNC(=O)c1ccc2ccccc2c1O. The maximum atomic E-state index is 12.5. The molecule has 0 aliphatic heterocycles. The lowest BCUT2D eigenvalue weighted by atomic mass is 10.0. The van der Waals surface area contributed by atoms with Gasteiger partial charge in [-0.1, -0.05) is 48.5 Å². The largest absolute Gasteiger partial charge is 0.506 e. The van der Waals surface area contributed by atoms with Gasteiger partial charge in [-0.05, 0) is 29.5 Å². The lowest BCUT2D eigenvalue weighted by molar-refractivity contribution is 0.0951. The van der Waals surface area contributed by atoms with E-state index in [4.69, 9.17) is 0 Å². The number of benzene rings is 3. The van der Waals surface area contributed by atoms with Crippen LogP contribution in [0.2, 0.25) is 0 Å². The second-order valence-electron chi connectivity index (χ2n) is 6.05. The molecule has 0 aliphatic rings. The Morgan fingerprint density at radius 3 is 2.52 bits per heavy atom. The van der Waals surface area contributed by atoms with E-state index in [2.05, 4.69) is 16.0 Å². The van der Waals surface area contributed by atoms with Crippen molar-refractivity contribution >= 4 is 28.4 Å². The summed E-state index contributed by atoms with van der Waals surface area (Å²) in [6.07, 6.45) is 0.542. The van der Waals surface area contributed by atoms with Gasteiger partial charge in [0.25, 0.3) is 5.91 Å². The molecule has 0 radical (unpaired) electrons. The van der Waals surface area contributed by atoms with Gasteiger partial charge in [-0.3, -0.25) is 4.79 Å². The first-order valence-electron chi connectivity index (χ1n) is 8.65. The summed E-state index contributed by atoms with van der Waals surface area (Å²) in [5, 5.41) is 20.0. The van der Waals surface area contributed by atoms with Crippen LogP contribution in [0, 0.1) is 0 Å². The maximum Gasteiger partial charge on any atom is 0.318 e. The zero-order valence-corrected chi connectivity index (χ0v) is 15.0. The fraction of sp³-hybridized carbons (Fsp3) is 0.143. The number of amides is 3. The minimum Gasteiger partial charge on any atom is -0.506 e. The summed E-state index contributed by atoms with van der Waals surface area (Å²) >= 11 is 0. The highest BCUT2D eigenvalue weighted by Crippen LogP contribution is 2.28. The first-order chi connectivity index (χ1) is 13.1. The Kier molecular flexibility index (Phi) is 5.56. The van der Waals surface area contributed by atoms with Crippen molar-refractivity contribution in [3.05, 3.63) is 71.8 Å². The van der Waals surface area contributed by atoms with Gasteiger partial charge in [-0.25, -0.2) is 4.79 Å². The number of urea groups is 1. The van der Waals surface area contributed by atoms with Crippen LogP contribution in [0.4, 0.5) is 10.5 Å². The summed E-state index contributed by atoms with van der Waals surface area (Å²) in [6, 6.07) is 17.9. The Balaban J connectivity index is 1.67. The highest BCUT2D eigenvalue weighted by Gasteiger charge is 2.13. The third-order valence-electron chi connectivity index (χ3n) is 4.32. The zero-order valence-electron chi connectivity index (χ0n) is 15.0. The summed E-state index contributed by atoms with van der Waals surface area (Å²) in [7, 11) is 1.55. The molecule has 138 valence electrons. The molecule has 3 amide bonds. The third kappa shape index (κ3) is 4.17. The van der Waals surface area contributed by atoms with E-state index in [1.54, 1.807) is 19.2 Å². The van der Waals surface area contributed by atoms with Crippen LogP contribution in [-0.4, -0.2) is 30.6 Å². The van der Waals surface area contributed by atoms with Crippen molar-refractivity contribution in [1.29, 1.82) is 0 Å². The second kappa shape index (κ2) is 8.23. The number of phenolic OH excluding ortho intramolecular Hbond substituents is 1. The number of carbonyl (C=O) groups is 2.